The number of fused-ring (bicyclic) bond motifs is 1. The zero-order valence-corrected chi connectivity index (χ0v) is 12.7. The molecule has 0 radical (unpaired) electrons. The number of halogens is 1. The number of nitrogens with zero attached hydrogens (tertiary/aromatic N) is 3. The summed E-state index contributed by atoms with van der Waals surface area (Å²) in [6.45, 7) is 3.83. The number of hydrogen-bond acceptors (Lipinski definition) is 4. The van der Waals surface area contributed by atoms with E-state index in [1.165, 1.54) is 4.57 Å². The predicted octanol–water partition coefficient (Wildman–Crippen LogP) is 2.86. The van der Waals surface area contributed by atoms with Crippen LogP contribution in [0.4, 0.5) is 0 Å². The molecule has 0 amide bonds. The standard InChI is InChI=1S/C15H16ClN3O2/c1-8(2)13-15(21)19(10-4-3-5-11(10)20)14-9(17-13)6-7-12(16)18-14/h6-8,10H,3-5H2,1-2H3. The second kappa shape index (κ2) is 5.22. The molecule has 0 bridgehead atoms. The summed E-state index contributed by atoms with van der Waals surface area (Å²) in [6, 6.07) is 2.95. The number of rotatable bonds is 2. The summed E-state index contributed by atoms with van der Waals surface area (Å²) >= 11 is 5.95. The van der Waals surface area contributed by atoms with Crippen LogP contribution in [0.25, 0.3) is 11.2 Å². The van der Waals surface area contributed by atoms with E-state index in [1.807, 2.05) is 13.8 Å². The molecule has 2 aromatic heterocycles. The minimum absolute atomic E-state index is 0.0136. The lowest BCUT2D eigenvalue weighted by Gasteiger charge is -2.17. The Morgan fingerprint density at radius 2 is 2.05 bits per heavy atom. The van der Waals surface area contributed by atoms with Gasteiger partial charge in [0, 0.05) is 12.3 Å². The number of carbonyl (C=O) groups is 1. The van der Waals surface area contributed by atoms with E-state index in [0.29, 0.717) is 34.9 Å². The number of hydrogen-bond donors (Lipinski definition) is 0. The van der Waals surface area contributed by atoms with Crippen LogP contribution >= 0.6 is 11.6 Å². The molecule has 110 valence electrons. The fourth-order valence-electron chi connectivity index (χ4n) is 2.82. The molecule has 1 aliphatic rings. The van der Waals surface area contributed by atoms with E-state index in [0.717, 1.165) is 6.42 Å². The van der Waals surface area contributed by atoms with E-state index in [1.54, 1.807) is 12.1 Å². The summed E-state index contributed by atoms with van der Waals surface area (Å²) in [5, 5.41) is 0.292. The van der Waals surface area contributed by atoms with E-state index < -0.39 is 6.04 Å². The molecule has 0 aromatic carbocycles. The third-order valence-electron chi connectivity index (χ3n) is 3.86. The van der Waals surface area contributed by atoms with Crippen LogP contribution in [-0.2, 0) is 4.79 Å². The molecule has 5 nitrogen and oxygen atoms in total. The Labute approximate surface area is 127 Å². The lowest BCUT2D eigenvalue weighted by Crippen LogP contribution is -2.32. The molecule has 2 aromatic rings. The minimum Gasteiger partial charge on any atom is -0.297 e. The summed E-state index contributed by atoms with van der Waals surface area (Å²) in [5.74, 6) is 0.0708. The van der Waals surface area contributed by atoms with Gasteiger partial charge in [-0.2, -0.15) is 0 Å². The average Bonchev–Trinajstić information content (AvgIpc) is 2.84. The van der Waals surface area contributed by atoms with Gasteiger partial charge in [-0.05, 0) is 25.0 Å². The SMILES string of the molecule is CC(C)c1nc2ccc(Cl)nc2n(C2CCCC2=O)c1=O. The maximum Gasteiger partial charge on any atom is 0.274 e. The Kier molecular flexibility index (Phi) is 3.53. The van der Waals surface area contributed by atoms with Gasteiger partial charge >= 0.3 is 0 Å². The van der Waals surface area contributed by atoms with Crippen LogP contribution in [-0.4, -0.2) is 20.3 Å². The van der Waals surface area contributed by atoms with Crippen LogP contribution in [0.3, 0.4) is 0 Å². The first kappa shape index (κ1) is 14.2. The van der Waals surface area contributed by atoms with E-state index in [4.69, 9.17) is 11.6 Å². The van der Waals surface area contributed by atoms with E-state index in [2.05, 4.69) is 9.97 Å². The summed E-state index contributed by atoms with van der Waals surface area (Å²) in [6.07, 6.45) is 1.99. The maximum atomic E-state index is 12.7. The average molecular weight is 306 g/mol. The van der Waals surface area contributed by atoms with Crippen LogP contribution in [0.5, 0.6) is 0 Å². The maximum absolute atomic E-state index is 12.7. The molecule has 1 saturated carbocycles. The third kappa shape index (κ3) is 2.35. The van der Waals surface area contributed by atoms with Crippen LogP contribution < -0.4 is 5.56 Å². The smallest absolute Gasteiger partial charge is 0.274 e. The highest BCUT2D eigenvalue weighted by Crippen LogP contribution is 2.28. The number of Topliss-reactive ketones (excluding diaryl/α,β-unsaturated/α-hetero) is 1. The van der Waals surface area contributed by atoms with Gasteiger partial charge in [-0.3, -0.25) is 14.2 Å². The highest BCUT2D eigenvalue weighted by Gasteiger charge is 2.30. The largest absolute Gasteiger partial charge is 0.297 e. The summed E-state index contributed by atoms with van der Waals surface area (Å²) < 4.78 is 1.50. The summed E-state index contributed by atoms with van der Waals surface area (Å²) in [5.41, 5.74) is 1.23. The Hall–Kier alpha value is -1.75. The van der Waals surface area contributed by atoms with Crippen molar-refractivity contribution in [2.75, 3.05) is 0 Å². The highest BCUT2D eigenvalue weighted by molar-refractivity contribution is 6.29. The topological polar surface area (TPSA) is 64.8 Å². The molecule has 2 heterocycles. The van der Waals surface area contributed by atoms with Crippen LogP contribution in [0.15, 0.2) is 16.9 Å². The lowest BCUT2D eigenvalue weighted by atomic mass is 10.1. The summed E-state index contributed by atoms with van der Waals surface area (Å²) in [4.78, 5) is 33.5. The molecule has 6 heteroatoms. The van der Waals surface area contributed by atoms with Crippen molar-refractivity contribution >= 4 is 28.5 Å². The van der Waals surface area contributed by atoms with Crippen molar-refractivity contribution in [2.24, 2.45) is 0 Å². The van der Waals surface area contributed by atoms with Crippen molar-refractivity contribution in [1.82, 2.24) is 14.5 Å². The van der Waals surface area contributed by atoms with Gasteiger partial charge < -0.3 is 0 Å². The van der Waals surface area contributed by atoms with Crippen LogP contribution in [0, 0.1) is 0 Å². The monoisotopic (exact) mass is 305 g/mol. The van der Waals surface area contributed by atoms with Gasteiger partial charge in [0.25, 0.3) is 5.56 Å². The molecule has 0 N–H and O–H groups in total. The minimum atomic E-state index is -0.438. The van der Waals surface area contributed by atoms with Crippen molar-refractivity contribution in [3.63, 3.8) is 0 Å². The van der Waals surface area contributed by atoms with Gasteiger partial charge in [0.2, 0.25) is 0 Å². The van der Waals surface area contributed by atoms with E-state index in [-0.39, 0.29) is 17.3 Å². The molecule has 1 atom stereocenters. The molecule has 1 unspecified atom stereocenters. The molecule has 0 saturated heterocycles. The molecule has 0 aliphatic heterocycles. The van der Waals surface area contributed by atoms with Crippen LogP contribution in [0.1, 0.15) is 50.8 Å². The zero-order valence-electron chi connectivity index (χ0n) is 12.0. The zero-order chi connectivity index (χ0) is 15.1. The molecular formula is C15H16ClN3O2. The Balaban J connectivity index is 2.37. The van der Waals surface area contributed by atoms with Crippen molar-refractivity contribution in [3.05, 3.63) is 33.3 Å². The highest BCUT2D eigenvalue weighted by atomic mass is 35.5. The van der Waals surface area contributed by atoms with Gasteiger partial charge in [-0.25, -0.2) is 9.97 Å². The molecular weight excluding hydrogens is 290 g/mol. The molecule has 0 spiro atoms. The number of aromatic nitrogens is 3. The van der Waals surface area contributed by atoms with Crippen molar-refractivity contribution < 1.29 is 4.79 Å². The van der Waals surface area contributed by atoms with Crippen molar-refractivity contribution in [3.8, 4) is 0 Å². The molecule has 1 fully saturated rings. The second-order valence-corrected chi connectivity index (χ2v) is 6.07. The van der Waals surface area contributed by atoms with Gasteiger partial charge in [0.15, 0.2) is 11.4 Å². The van der Waals surface area contributed by atoms with E-state index in [9.17, 15) is 9.59 Å². The Morgan fingerprint density at radius 3 is 2.67 bits per heavy atom. The fraction of sp³-hybridized carbons (Fsp3) is 0.467. The first-order valence-corrected chi connectivity index (χ1v) is 7.48. The number of pyridine rings is 1. The Bertz CT molecular complexity index is 782. The van der Waals surface area contributed by atoms with Crippen molar-refractivity contribution in [1.29, 1.82) is 0 Å². The van der Waals surface area contributed by atoms with Gasteiger partial charge in [0.05, 0.1) is 6.04 Å². The quantitative estimate of drug-likeness (QED) is 0.800. The predicted molar refractivity (Wildman–Crippen MR) is 80.8 cm³/mol. The number of ketones is 1. The molecule has 3 rings (SSSR count). The summed E-state index contributed by atoms with van der Waals surface area (Å²) in [7, 11) is 0. The normalized spacial score (nSPS) is 18.9. The van der Waals surface area contributed by atoms with Crippen LogP contribution in [0.2, 0.25) is 5.15 Å². The first-order chi connectivity index (χ1) is 9.99. The van der Waals surface area contributed by atoms with E-state index >= 15 is 0 Å². The fourth-order valence-corrected chi connectivity index (χ4v) is 2.96. The Morgan fingerprint density at radius 1 is 1.29 bits per heavy atom. The van der Waals surface area contributed by atoms with Gasteiger partial charge in [-0.1, -0.05) is 25.4 Å². The lowest BCUT2D eigenvalue weighted by molar-refractivity contribution is -0.120. The molecule has 21 heavy (non-hydrogen) atoms. The number of carbonyl (C=O) groups excluding carboxylic acids is 1. The van der Waals surface area contributed by atoms with Gasteiger partial charge in [0.1, 0.15) is 16.4 Å². The first-order valence-electron chi connectivity index (χ1n) is 7.10. The van der Waals surface area contributed by atoms with Gasteiger partial charge in [-0.15, -0.1) is 0 Å². The third-order valence-corrected chi connectivity index (χ3v) is 4.07. The molecule has 1 aliphatic carbocycles. The van der Waals surface area contributed by atoms with Crippen molar-refractivity contribution in [2.45, 2.75) is 45.1 Å². The second-order valence-electron chi connectivity index (χ2n) is 5.68.